The van der Waals surface area contributed by atoms with E-state index < -0.39 is 5.41 Å². The Kier molecular flexibility index (Phi) is 10.6. The van der Waals surface area contributed by atoms with E-state index in [1.54, 1.807) is 0 Å². The van der Waals surface area contributed by atoms with Gasteiger partial charge in [-0.3, -0.25) is 9.97 Å². The summed E-state index contributed by atoms with van der Waals surface area (Å²) in [5.74, 6) is 0. The van der Waals surface area contributed by atoms with Crippen molar-refractivity contribution in [3.05, 3.63) is 242 Å². The summed E-state index contributed by atoms with van der Waals surface area (Å²) in [6.45, 7) is 14.0. The summed E-state index contributed by atoms with van der Waals surface area (Å²) >= 11 is 3.66. The third kappa shape index (κ3) is 6.93. The van der Waals surface area contributed by atoms with E-state index in [1.165, 1.54) is 42.1 Å². The van der Waals surface area contributed by atoms with E-state index in [2.05, 4.69) is 266 Å². The molecule has 0 atom stereocenters. The number of hydrogen-bond donors (Lipinski definition) is 0. The number of fused-ring (bicyclic) bond motifs is 20. The van der Waals surface area contributed by atoms with Crippen molar-refractivity contribution in [3.63, 3.8) is 0 Å². The number of rotatable bonds is 5. The zero-order chi connectivity index (χ0) is 59.1. The summed E-state index contributed by atoms with van der Waals surface area (Å²) in [5, 5.41) is 26.9. The molecule has 0 saturated carbocycles. The molecule has 0 aliphatic rings. The van der Waals surface area contributed by atoms with Gasteiger partial charge in [0, 0.05) is 104 Å². The minimum absolute atomic E-state index is 0.179. The molecule has 0 unspecified atom stereocenters. The van der Waals surface area contributed by atoms with Gasteiger partial charge >= 0.3 is 0 Å². The lowest BCUT2D eigenvalue weighted by atomic mass is 9.76. The molecule has 0 bridgehead atoms. The Morgan fingerprint density at radius 3 is 1.18 bits per heavy atom. The summed E-state index contributed by atoms with van der Waals surface area (Å²) in [6, 6.07) is 76.9. The van der Waals surface area contributed by atoms with E-state index in [4.69, 9.17) is 9.97 Å². The Bertz CT molecular complexity index is 5680. The molecular formula is C79H55N7S2. The molecule has 0 saturated heterocycles. The summed E-state index contributed by atoms with van der Waals surface area (Å²) in [4.78, 5) is 9.73. The van der Waals surface area contributed by atoms with Gasteiger partial charge in [0.05, 0.1) is 76.3 Å². The van der Waals surface area contributed by atoms with Gasteiger partial charge < -0.3 is 18.3 Å². The highest BCUT2D eigenvalue weighted by atomic mass is 32.1. The second-order valence-electron chi connectivity index (χ2n) is 25.6. The maximum atomic E-state index is 13.5. The van der Waals surface area contributed by atoms with Crippen LogP contribution in [0.1, 0.15) is 58.2 Å². The Hall–Kier alpha value is -10.4. The second kappa shape index (κ2) is 18.3. The van der Waals surface area contributed by atoms with Gasteiger partial charge in [-0.1, -0.05) is 193 Å². The van der Waals surface area contributed by atoms with Crippen molar-refractivity contribution in [2.45, 2.75) is 52.4 Å². The molecule has 0 radical (unpaired) electrons. The first-order chi connectivity index (χ1) is 43.0. The van der Waals surface area contributed by atoms with Crippen LogP contribution >= 0.6 is 22.7 Å². The predicted molar refractivity (Wildman–Crippen MR) is 373 cm³/mol. The Morgan fingerprint density at radius 1 is 0.364 bits per heavy atom. The smallest absolute Gasteiger partial charge is 0.104 e. The fraction of sp³-hybridized carbons (Fsp3) is 0.101. The van der Waals surface area contributed by atoms with Crippen LogP contribution in [0.4, 0.5) is 0 Å². The molecular weight excluding hydrogens is 1110 g/mol. The fourth-order valence-electron chi connectivity index (χ4n) is 14.8. The van der Waals surface area contributed by atoms with Crippen molar-refractivity contribution in [2.75, 3.05) is 0 Å². The first-order valence-electron chi connectivity index (χ1n) is 30.1. The van der Waals surface area contributed by atoms with Crippen LogP contribution in [-0.4, -0.2) is 28.2 Å². The lowest BCUT2D eigenvalue weighted by molar-refractivity contribution is 0.569. The maximum absolute atomic E-state index is 13.5. The highest BCUT2D eigenvalue weighted by Gasteiger charge is 2.38. The average molecular weight is 1170 g/mol. The highest BCUT2D eigenvalue weighted by molar-refractivity contribution is 7.27. The molecule has 8 aromatic heterocycles. The Morgan fingerprint density at radius 2 is 0.750 bits per heavy atom. The number of hydrogen-bond acceptors (Lipinski definition) is 5. The van der Waals surface area contributed by atoms with Crippen LogP contribution in [0.2, 0.25) is 0 Å². The lowest BCUT2D eigenvalue weighted by Gasteiger charge is -2.33. The molecule has 9 heteroatoms. The van der Waals surface area contributed by atoms with Crippen molar-refractivity contribution in [1.29, 1.82) is 5.26 Å². The summed E-state index contributed by atoms with van der Waals surface area (Å²) in [7, 11) is 0. The van der Waals surface area contributed by atoms with E-state index in [-0.39, 0.29) is 5.41 Å². The van der Waals surface area contributed by atoms with Gasteiger partial charge in [0.25, 0.3) is 0 Å². The van der Waals surface area contributed by atoms with Crippen molar-refractivity contribution in [3.8, 4) is 39.9 Å². The fourth-order valence-corrected chi connectivity index (χ4v) is 17.3. The first-order valence-corrected chi connectivity index (χ1v) is 31.7. The summed E-state index contributed by atoms with van der Waals surface area (Å²) in [5.41, 5.74) is 15.8. The first kappa shape index (κ1) is 50.9. The third-order valence-electron chi connectivity index (χ3n) is 18.7. The van der Waals surface area contributed by atoms with Crippen LogP contribution in [0.25, 0.3) is 161 Å². The number of aromatic nitrogens is 6. The molecule has 0 N–H and O–H groups in total. The molecule has 7 nitrogen and oxygen atoms in total. The van der Waals surface area contributed by atoms with Crippen LogP contribution in [-0.2, 0) is 10.8 Å². The lowest BCUT2D eigenvalue weighted by Crippen LogP contribution is -2.20. The third-order valence-corrected chi connectivity index (χ3v) is 21.1. The Balaban J connectivity index is 1.22. The van der Waals surface area contributed by atoms with Gasteiger partial charge in [-0.2, -0.15) is 5.26 Å². The number of para-hydroxylation sites is 4. The standard InChI is InChI=1S/C79H55N7S2/c1-78(2,3)45-31-32-56(60(41-45)79(4,5)6)69-74(83-61-25-13-9-21-48(61)58-43-81-39-37-65(58)83)70(85-63-27-15-7-19-46(63)52-33-35-54-50-23-11-17-29-67(50)87-76(54)72(52)85)57(42-80)71(75(69)84-62-26-14-10-22-49(62)59-44-82-40-38-66(59)84)86-64-28-16-8-20-47(64)53-34-36-55-51-24-12-18-30-68(51)88-77(55)73(53)86/h7-41,43-44H,1-6H3. The molecule has 88 heavy (non-hydrogen) atoms. The zero-order valence-corrected chi connectivity index (χ0v) is 50.9. The van der Waals surface area contributed by atoms with Crippen molar-refractivity contribution < 1.29 is 0 Å². The van der Waals surface area contributed by atoms with E-state index in [0.717, 1.165) is 130 Å². The second-order valence-corrected chi connectivity index (χ2v) is 27.7. The molecule has 8 heterocycles. The van der Waals surface area contributed by atoms with E-state index in [1.807, 2.05) is 47.5 Å². The van der Waals surface area contributed by atoms with Gasteiger partial charge in [-0.05, 0) is 76.1 Å². The van der Waals surface area contributed by atoms with Gasteiger partial charge in [-0.25, -0.2) is 0 Å². The van der Waals surface area contributed by atoms with E-state index >= 15 is 0 Å². The Labute approximate surface area is 514 Å². The maximum Gasteiger partial charge on any atom is 0.104 e. The molecule has 10 aromatic carbocycles. The average Bonchev–Trinajstić information content (AvgIpc) is 1.40. The van der Waals surface area contributed by atoms with Crippen LogP contribution in [0.5, 0.6) is 0 Å². The minimum atomic E-state index is -0.402. The number of thiophene rings is 2. The largest absolute Gasteiger partial charge is 0.306 e. The van der Waals surface area contributed by atoms with Crippen molar-refractivity contribution in [1.82, 2.24) is 28.2 Å². The number of nitriles is 1. The minimum Gasteiger partial charge on any atom is -0.306 e. The number of nitrogens with zero attached hydrogens (tertiary/aromatic N) is 7. The SMILES string of the molecule is CC(C)(C)c1ccc(-c2c(-n3c4ccccc4c4cnccc43)c(-n3c4ccccc4c4ccc5c6ccccc6sc5c43)c(C#N)c(-n3c4ccccc4c4ccc5c6ccccc6sc5c43)c2-n2c3ccccc3c3cnccc32)c(C(C)(C)C)c1. The molecule has 0 fully saturated rings. The van der Waals surface area contributed by atoms with Crippen LogP contribution < -0.4 is 0 Å². The number of pyridine rings is 2. The molecule has 0 aliphatic carbocycles. The van der Waals surface area contributed by atoms with Gasteiger partial charge in [0.15, 0.2) is 0 Å². The molecule has 18 rings (SSSR count). The molecule has 0 amide bonds. The van der Waals surface area contributed by atoms with Crippen LogP contribution in [0, 0.1) is 11.3 Å². The summed E-state index contributed by atoms with van der Waals surface area (Å²) in [6.07, 6.45) is 7.88. The van der Waals surface area contributed by atoms with E-state index in [0.29, 0.717) is 5.56 Å². The van der Waals surface area contributed by atoms with Crippen molar-refractivity contribution >= 4 is 150 Å². The van der Waals surface area contributed by atoms with Crippen molar-refractivity contribution in [2.24, 2.45) is 0 Å². The van der Waals surface area contributed by atoms with Gasteiger partial charge in [0.2, 0.25) is 0 Å². The quantitative estimate of drug-likeness (QED) is 0.172. The van der Waals surface area contributed by atoms with E-state index in [9.17, 15) is 5.26 Å². The highest BCUT2D eigenvalue weighted by Crippen LogP contribution is 2.55. The van der Waals surface area contributed by atoms with Gasteiger partial charge in [-0.15, -0.1) is 22.7 Å². The normalized spacial score (nSPS) is 12.6. The zero-order valence-electron chi connectivity index (χ0n) is 49.3. The molecule has 0 aliphatic heterocycles. The monoisotopic (exact) mass is 1170 g/mol. The topological polar surface area (TPSA) is 69.3 Å². The number of benzene rings is 10. The van der Waals surface area contributed by atoms with Crippen LogP contribution in [0.15, 0.2) is 225 Å². The van der Waals surface area contributed by atoms with Crippen LogP contribution in [0.3, 0.4) is 0 Å². The molecule has 18 aromatic rings. The van der Waals surface area contributed by atoms with Gasteiger partial charge in [0.1, 0.15) is 11.6 Å². The molecule has 0 spiro atoms. The molecule has 418 valence electrons. The predicted octanol–water partition coefficient (Wildman–Crippen LogP) is 21.7. The summed E-state index contributed by atoms with van der Waals surface area (Å²) < 4.78 is 14.7.